The molecule has 0 fully saturated rings. The fourth-order valence-corrected chi connectivity index (χ4v) is 3.53. The van der Waals surface area contributed by atoms with E-state index in [0.29, 0.717) is 22.0 Å². The molecular weight excluding hydrogens is 386 g/mol. The summed E-state index contributed by atoms with van der Waals surface area (Å²) in [7, 11) is 0. The molecule has 0 amide bonds. The molecule has 4 aromatic heterocycles. The number of fused-ring (bicyclic) bond motifs is 2. The van der Waals surface area contributed by atoms with E-state index < -0.39 is 0 Å². The average molecular weight is 401 g/mol. The molecule has 7 nitrogen and oxygen atoms in total. The first-order valence-electron chi connectivity index (χ1n) is 9.06. The van der Waals surface area contributed by atoms with E-state index in [4.69, 9.17) is 21.9 Å². The Morgan fingerprint density at radius 3 is 2.83 bits per heavy atom. The van der Waals surface area contributed by atoms with Crippen molar-refractivity contribution in [1.82, 2.24) is 29.9 Å². The second-order valence-corrected chi connectivity index (χ2v) is 6.96. The Morgan fingerprint density at radius 1 is 1.03 bits per heavy atom. The molecule has 29 heavy (non-hydrogen) atoms. The van der Waals surface area contributed by atoms with Gasteiger partial charge in [0.2, 0.25) is 0 Å². The van der Waals surface area contributed by atoms with Gasteiger partial charge in [0, 0.05) is 17.9 Å². The number of imidazole rings is 1. The summed E-state index contributed by atoms with van der Waals surface area (Å²) < 4.78 is 0. The standard InChI is InChI=1S/C21H15ClN7/c1-12(28-21-19-20(25-10-24-19)26-11-27-21)14-9-13-5-4-6-15(22)17(13)29-18(14)16-7-2-3-8-23-16/h2-12H,1H3,(H-,24,25,26,27,28)/q-1. The molecule has 1 atom stereocenters. The van der Waals surface area contributed by atoms with Crippen LogP contribution in [0.15, 0.2) is 61.3 Å². The van der Waals surface area contributed by atoms with Gasteiger partial charge in [-0.05, 0) is 41.7 Å². The largest absolute Gasteiger partial charge is 0.456 e. The summed E-state index contributed by atoms with van der Waals surface area (Å²) in [6.07, 6.45) is 4.80. The lowest BCUT2D eigenvalue weighted by atomic mass is 10.0. The maximum Gasteiger partial charge on any atom is 0.176 e. The number of rotatable bonds is 4. The Morgan fingerprint density at radius 2 is 1.97 bits per heavy atom. The van der Waals surface area contributed by atoms with E-state index in [1.807, 2.05) is 43.3 Å². The van der Waals surface area contributed by atoms with Gasteiger partial charge in [-0.3, -0.25) is 4.98 Å². The molecule has 1 aromatic carbocycles. The molecule has 8 heteroatoms. The minimum atomic E-state index is -0.232. The number of para-hydroxylation sites is 1. The van der Waals surface area contributed by atoms with Crippen LogP contribution in [0.4, 0.5) is 5.82 Å². The van der Waals surface area contributed by atoms with E-state index in [2.05, 4.69) is 31.0 Å². The predicted molar refractivity (Wildman–Crippen MR) is 113 cm³/mol. The van der Waals surface area contributed by atoms with Crippen molar-refractivity contribution in [2.75, 3.05) is 0 Å². The van der Waals surface area contributed by atoms with Gasteiger partial charge >= 0.3 is 0 Å². The molecule has 4 heterocycles. The fourth-order valence-electron chi connectivity index (χ4n) is 3.31. The molecule has 5 aromatic rings. The van der Waals surface area contributed by atoms with Gasteiger partial charge < -0.3 is 15.3 Å². The zero-order chi connectivity index (χ0) is 19.8. The lowest BCUT2D eigenvalue weighted by molar-refractivity contribution is 0.920. The first-order chi connectivity index (χ1) is 14.2. The smallest absolute Gasteiger partial charge is 0.176 e. The van der Waals surface area contributed by atoms with Gasteiger partial charge in [-0.1, -0.05) is 36.7 Å². The highest BCUT2D eigenvalue weighted by Gasteiger charge is 2.15. The van der Waals surface area contributed by atoms with Gasteiger partial charge in [0.15, 0.2) is 5.65 Å². The number of hydrogen-bond acceptors (Lipinski definition) is 5. The van der Waals surface area contributed by atoms with Crippen molar-refractivity contribution in [3.63, 3.8) is 0 Å². The van der Waals surface area contributed by atoms with E-state index in [9.17, 15) is 0 Å². The maximum atomic E-state index is 6.40. The van der Waals surface area contributed by atoms with Crippen molar-refractivity contribution in [3.05, 3.63) is 77.2 Å². The van der Waals surface area contributed by atoms with Gasteiger partial charge in [-0.2, -0.15) is 0 Å². The molecule has 142 valence electrons. The molecule has 0 saturated heterocycles. The van der Waals surface area contributed by atoms with Crippen LogP contribution in [0.25, 0.3) is 38.8 Å². The van der Waals surface area contributed by atoms with Crippen LogP contribution >= 0.6 is 11.6 Å². The van der Waals surface area contributed by atoms with Gasteiger partial charge in [0.25, 0.3) is 0 Å². The van der Waals surface area contributed by atoms with Crippen LogP contribution in [0.2, 0.25) is 5.02 Å². The summed E-state index contributed by atoms with van der Waals surface area (Å²) in [4.78, 5) is 25.0. The lowest BCUT2D eigenvalue weighted by Gasteiger charge is -2.25. The minimum Gasteiger partial charge on any atom is -0.456 e. The third-order valence-electron chi connectivity index (χ3n) is 4.70. The zero-order valence-corrected chi connectivity index (χ0v) is 16.2. The van der Waals surface area contributed by atoms with Crippen molar-refractivity contribution in [3.8, 4) is 11.4 Å². The van der Waals surface area contributed by atoms with E-state index >= 15 is 0 Å². The Hall–Kier alpha value is -3.58. The summed E-state index contributed by atoms with van der Waals surface area (Å²) in [5.74, 6) is 0.554. The Bertz CT molecular complexity index is 1320. The Kier molecular flexibility index (Phi) is 4.29. The topological polar surface area (TPSA) is 94.3 Å². The summed E-state index contributed by atoms with van der Waals surface area (Å²) in [6, 6.07) is 13.3. The van der Waals surface area contributed by atoms with E-state index in [-0.39, 0.29) is 6.04 Å². The molecule has 0 radical (unpaired) electrons. The first kappa shape index (κ1) is 17.5. The summed E-state index contributed by atoms with van der Waals surface area (Å²) in [5.41, 5.74) is 4.47. The molecule has 0 aliphatic carbocycles. The number of H-pyrrole nitrogens is 1. The van der Waals surface area contributed by atoms with Crippen molar-refractivity contribution < 1.29 is 0 Å². The quantitative estimate of drug-likeness (QED) is 0.436. The minimum absolute atomic E-state index is 0.232. The number of aromatic nitrogens is 6. The average Bonchev–Trinajstić information content (AvgIpc) is 3.24. The Balaban J connectivity index is 1.65. The van der Waals surface area contributed by atoms with Crippen LogP contribution in [0.5, 0.6) is 0 Å². The fraction of sp³-hybridized carbons (Fsp3) is 0.0952. The Labute approximate surface area is 171 Å². The molecule has 0 spiro atoms. The SMILES string of the molecule is CC([N-]c1ncnc2nc[nH]c12)c1cc2cccc(Cl)c2nc1-c1ccccn1. The van der Waals surface area contributed by atoms with Gasteiger partial charge in [-0.15, -0.1) is 0 Å². The van der Waals surface area contributed by atoms with Crippen LogP contribution in [0.3, 0.4) is 0 Å². The molecule has 0 saturated carbocycles. The highest BCUT2D eigenvalue weighted by molar-refractivity contribution is 6.35. The number of nitrogens with one attached hydrogen (secondary N) is 1. The van der Waals surface area contributed by atoms with Gasteiger partial charge in [0.05, 0.1) is 33.8 Å². The highest BCUT2D eigenvalue weighted by atomic mass is 35.5. The molecule has 1 unspecified atom stereocenters. The number of aromatic amines is 1. The third kappa shape index (κ3) is 3.15. The van der Waals surface area contributed by atoms with E-state index in [1.54, 1.807) is 12.5 Å². The van der Waals surface area contributed by atoms with Gasteiger partial charge in [-0.25, -0.2) is 15.0 Å². The molecule has 0 bridgehead atoms. The number of pyridine rings is 2. The maximum absolute atomic E-state index is 6.40. The monoisotopic (exact) mass is 400 g/mol. The first-order valence-corrected chi connectivity index (χ1v) is 9.44. The van der Waals surface area contributed by atoms with Crippen molar-refractivity contribution in [1.29, 1.82) is 0 Å². The van der Waals surface area contributed by atoms with Crippen molar-refractivity contribution in [2.45, 2.75) is 13.0 Å². The number of halogens is 1. The third-order valence-corrected chi connectivity index (χ3v) is 5.01. The molecular formula is C21H15ClN7-. The highest BCUT2D eigenvalue weighted by Crippen LogP contribution is 2.38. The molecule has 0 aliphatic rings. The van der Waals surface area contributed by atoms with Crippen LogP contribution in [-0.2, 0) is 0 Å². The summed E-state index contributed by atoms with van der Waals surface area (Å²) in [5, 5.41) is 6.37. The predicted octanol–water partition coefficient (Wildman–Crippen LogP) is 5.38. The van der Waals surface area contributed by atoms with Crippen molar-refractivity contribution >= 4 is 39.5 Å². The molecule has 5 rings (SSSR count). The summed E-state index contributed by atoms with van der Waals surface area (Å²) >= 11 is 6.40. The van der Waals surface area contributed by atoms with E-state index in [0.717, 1.165) is 27.9 Å². The van der Waals surface area contributed by atoms with Crippen molar-refractivity contribution in [2.24, 2.45) is 0 Å². The van der Waals surface area contributed by atoms with Gasteiger partial charge in [0.1, 0.15) is 0 Å². The zero-order valence-electron chi connectivity index (χ0n) is 15.4. The van der Waals surface area contributed by atoms with E-state index in [1.165, 1.54) is 6.33 Å². The second kappa shape index (κ2) is 7.10. The number of nitrogens with zero attached hydrogens (tertiary/aromatic N) is 6. The van der Waals surface area contributed by atoms with Crippen LogP contribution in [0, 0.1) is 0 Å². The molecule has 0 aliphatic heterocycles. The van der Waals surface area contributed by atoms with Crippen LogP contribution < -0.4 is 0 Å². The summed E-state index contributed by atoms with van der Waals surface area (Å²) in [6.45, 7) is 2.00. The van der Waals surface area contributed by atoms with Crippen LogP contribution in [-0.4, -0.2) is 29.9 Å². The lowest BCUT2D eigenvalue weighted by Crippen LogP contribution is -2.01. The second-order valence-electron chi connectivity index (χ2n) is 6.56. The number of benzene rings is 1. The number of hydrogen-bond donors (Lipinski definition) is 1. The molecule has 1 N–H and O–H groups in total. The van der Waals surface area contributed by atoms with Crippen LogP contribution in [0.1, 0.15) is 18.5 Å². The normalized spacial score (nSPS) is 12.3.